The Labute approximate surface area is 89.0 Å². The summed E-state index contributed by atoms with van der Waals surface area (Å²) in [6.45, 7) is 1.78. The molecular weight excluding hydrogens is 214 g/mol. The highest BCUT2D eigenvalue weighted by atomic mass is 32.2. The fourth-order valence-electron chi connectivity index (χ4n) is 1.19. The van der Waals surface area contributed by atoms with Crippen LogP contribution in [0.4, 0.5) is 0 Å². The van der Waals surface area contributed by atoms with Crippen LogP contribution in [0.3, 0.4) is 0 Å². The van der Waals surface area contributed by atoms with Gasteiger partial charge in [0.1, 0.15) is 16.4 Å². The zero-order valence-corrected chi connectivity index (χ0v) is 9.34. The minimum atomic E-state index is -3.56. The number of hydrogen-bond donors (Lipinski definition) is 0. The highest BCUT2D eigenvalue weighted by Crippen LogP contribution is 2.25. The zero-order valence-electron chi connectivity index (χ0n) is 8.52. The fourth-order valence-corrected chi connectivity index (χ4v) is 2.34. The second kappa shape index (κ2) is 4.32. The van der Waals surface area contributed by atoms with Crippen molar-refractivity contribution in [2.45, 2.75) is 11.8 Å². The minimum Gasteiger partial charge on any atom is -0.495 e. The van der Waals surface area contributed by atoms with Gasteiger partial charge in [-0.15, -0.1) is 0 Å². The summed E-state index contributed by atoms with van der Waals surface area (Å²) >= 11 is 0. The van der Waals surface area contributed by atoms with Gasteiger partial charge >= 0.3 is 0 Å². The lowest BCUT2D eigenvalue weighted by molar-refractivity contribution is 0.402. The van der Waals surface area contributed by atoms with Crippen molar-refractivity contribution in [1.29, 1.82) is 5.26 Å². The van der Waals surface area contributed by atoms with Crippen LogP contribution in [0.25, 0.3) is 0 Å². The number of methoxy groups -OCH3 is 1. The van der Waals surface area contributed by atoms with Crippen molar-refractivity contribution in [3.63, 3.8) is 0 Å². The average molecular weight is 225 g/mol. The van der Waals surface area contributed by atoms with Gasteiger partial charge in [0.2, 0.25) is 0 Å². The Hall–Kier alpha value is -1.54. The van der Waals surface area contributed by atoms with E-state index in [0.29, 0.717) is 0 Å². The van der Waals surface area contributed by atoms with Crippen molar-refractivity contribution >= 4 is 9.84 Å². The molecule has 0 amide bonds. The summed E-state index contributed by atoms with van der Waals surface area (Å²) in [6, 6.07) is 6.48. The molecule has 5 heteroatoms. The molecule has 0 atom stereocenters. The molecule has 0 N–H and O–H groups in total. The van der Waals surface area contributed by atoms with Gasteiger partial charge in [-0.1, -0.05) is 6.07 Å². The number of rotatable bonds is 3. The van der Waals surface area contributed by atoms with Crippen LogP contribution in [0.1, 0.15) is 5.56 Å². The summed E-state index contributed by atoms with van der Waals surface area (Å²) in [4.78, 5) is 0.0755. The summed E-state index contributed by atoms with van der Waals surface area (Å²) in [5, 5.41) is 8.43. The van der Waals surface area contributed by atoms with E-state index >= 15 is 0 Å². The molecule has 0 aliphatic rings. The third kappa shape index (κ3) is 2.48. The van der Waals surface area contributed by atoms with E-state index in [1.54, 1.807) is 25.1 Å². The first kappa shape index (κ1) is 11.5. The van der Waals surface area contributed by atoms with E-state index in [2.05, 4.69) is 0 Å². The minimum absolute atomic E-state index is 0.0755. The lowest BCUT2D eigenvalue weighted by atomic mass is 10.2. The lowest BCUT2D eigenvalue weighted by Gasteiger charge is -2.07. The Morgan fingerprint density at radius 2 is 2.13 bits per heavy atom. The molecule has 0 aliphatic carbocycles. The van der Waals surface area contributed by atoms with Gasteiger partial charge in [0.05, 0.1) is 13.2 Å². The monoisotopic (exact) mass is 225 g/mol. The first-order chi connectivity index (χ1) is 7.01. The van der Waals surface area contributed by atoms with Gasteiger partial charge in [-0.3, -0.25) is 0 Å². The first-order valence-corrected chi connectivity index (χ1v) is 5.91. The Kier molecular flexibility index (Phi) is 3.32. The van der Waals surface area contributed by atoms with E-state index in [4.69, 9.17) is 10.00 Å². The van der Waals surface area contributed by atoms with E-state index in [1.165, 1.54) is 13.2 Å². The van der Waals surface area contributed by atoms with Crippen molar-refractivity contribution in [1.82, 2.24) is 0 Å². The fraction of sp³-hybridized carbons (Fsp3) is 0.300. The van der Waals surface area contributed by atoms with Crippen LogP contribution < -0.4 is 4.74 Å². The number of sulfone groups is 1. The number of hydrogen-bond acceptors (Lipinski definition) is 4. The van der Waals surface area contributed by atoms with Crippen molar-refractivity contribution < 1.29 is 13.2 Å². The molecule has 0 spiro atoms. The van der Waals surface area contributed by atoms with Crippen molar-refractivity contribution in [2.24, 2.45) is 0 Å². The number of aryl methyl sites for hydroxylation is 1. The Morgan fingerprint density at radius 1 is 1.47 bits per heavy atom. The van der Waals surface area contributed by atoms with Crippen LogP contribution >= 0.6 is 0 Å². The van der Waals surface area contributed by atoms with Crippen LogP contribution in [0.2, 0.25) is 0 Å². The highest BCUT2D eigenvalue weighted by molar-refractivity contribution is 7.91. The Morgan fingerprint density at radius 3 is 2.67 bits per heavy atom. The summed E-state index contributed by atoms with van der Waals surface area (Å²) in [7, 11) is -2.16. The van der Waals surface area contributed by atoms with E-state index in [0.717, 1.165) is 5.56 Å². The van der Waals surface area contributed by atoms with Gasteiger partial charge in [0, 0.05) is 0 Å². The Balaban J connectivity index is 3.36. The topological polar surface area (TPSA) is 67.2 Å². The van der Waals surface area contributed by atoms with Crippen molar-refractivity contribution in [3.05, 3.63) is 23.8 Å². The molecule has 0 radical (unpaired) electrons. The molecule has 80 valence electrons. The highest BCUT2D eigenvalue weighted by Gasteiger charge is 2.19. The van der Waals surface area contributed by atoms with Gasteiger partial charge in [0.25, 0.3) is 0 Å². The molecule has 0 heterocycles. The molecule has 0 saturated heterocycles. The maximum absolute atomic E-state index is 11.7. The van der Waals surface area contributed by atoms with Crippen LogP contribution in [0.15, 0.2) is 23.1 Å². The second-order valence-corrected chi connectivity index (χ2v) is 5.03. The molecule has 0 aliphatic heterocycles. The number of ether oxygens (including phenoxy) is 1. The summed E-state index contributed by atoms with van der Waals surface area (Å²) < 4.78 is 28.3. The average Bonchev–Trinajstić information content (AvgIpc) is 2.17. The molecule has 0 fully saturated rings. The summed E-state index contributed by atoms with van der Waals surface area (Å²) in [5.74, 6) is -0.261. The molecule has 1 rings (SSSR count). The van der Waals surface area contributed by atoms with Crippen LogP contribution in [-0.4, -0.2) is 21.3 Å². The molecule has 0 bridgehead atoms. The zero-order chi connectivity index (χ0) is 11.5. The van der Waals surface area contributed by atoms with Crippen LogP contribution in [0.5, 0.6) is 5.75 Å². The molecule has 1 aromatic rings. The standard InChI is InChI=1S/C10H11NO3S/c1-8-3-4-9(14-2)10(7-8)15(12,13)6-5-11/h3-4,7H,6H2,1-2H3. The Bertz CT molecular complexity index is 500. The lowest BCUT2D eigenvalue weighted by Crippen LogP contribution is -2.07. The summed E-state index contributed by atoms with van der Waals surface area (Å²) in [5.41, 5.74) is 0.812. The molecule has 4 nitrogen and oxygen atoms in total. The normalized spacial score (nSPS) is 10.7. The van der Waals surface area contributed by atoms with E-state index in [1.807, 2.05) is 0 Å². The molecule has 15 heavy (non-hydrogen) atoms. The third-order valence-electron chi connectivity index (χ3n) is 1.91. The van der Waals surface area contributed by atoms with Crippen LogP contribution in [-0.2, 0) is 9.84 Å². The van der Waals surface area contributed by atoms with Gasteiger partial charge in [-0.05, 0) is 24.6 Å². The summed E-state index contributed by atoms with van der Waals surface area (Å²) in [6.07, 6.45) is 0. The first-order valence-electron chi connectivity index (χ1n) is 4.25. The molecular formula is C10H11NO3S. The third-order valence-corrected chi connectivity index (χ3v) is 3.41. The molecule has 0 unspecified atom stereocenters. The number of nitriles is 1. The van der Waals surface area contributed by atoms with Gasteiger partial charge < -0.3 is 4.74 Å². The van der Waals surface area contributed by atoms with E-state index < -0.39 is 15.6 Å². The number of benzene rings is 1. The SMILES string of the molecule is COc1ccc(C)cc1S(=O)(=O)CC#N. The van der Waals surface area contributed by atoms with Crippen molar-refractivity contribution in [2.75, 3.05) is 12.9 Å². The largest absolute Gasteiger partial charge is 0.495 e. The molecule has 1 aromatic carbocycles. The van der Waals surface area contributed by atoms with E-state index in [-0.39, 0.29) is 10.6 Å². The predicted octanol–water partition coefficient (Wildman–Crippen LogP) is 1.30. The maximum atomic E-state index is 11.7. The quantitative estimate of drug-likeness (QED) is 0.777. The molecule has 0 aromatic heterocycles. The number of nitrogens with zero attached hydrogens (tertiary/aromatic N) is 1. The smallest absolute Gasteiger partial charge is 0.195 e. The predicted molar refractivity (Wildman–Crippen MR) is 55.4 cm³/mol. The van der Waals surface area contributed by atoms with Crippen LogP contribution in [0, 0.1) is 18.3 Å². The second-order valence-electron chi connectivity index (χ2n) is 3.07. The van der Waals surface area contributed by atoms with E-state index in [9.17, 15) is 8.42 Å². The van der Waals surface area contributed by atoms with Gasteiger partial charge in [0.15, 0.2) is 9.84 Å². The van der Waals surface area contributed by atoms with Gasteiger partial charge in [-0.2, -0.15) is 5.26 Å². The maximum Gasteiger partial charge on any atom is 0.195 e. The van der Waals surface area contributed by atoms with Gasteiger partial charge in [-0.25, -0.2) is 8.42 Å². The van der Waals surface area contributed by atoms with Crippen molar-refractivity contribution in [3.8, 4) is 11.8 Å². The molecule has 0 saturated carbocycles.